The van der Waals surface area contributed by atoms with Crippen LogP contribution in [0.2, 0.25) is 0 Å². The van der Waals surface area contributed by atoms with Crippen LogP contribution in [0.25, 0.3) is 0 Å². The molecule has 0 aromatic carbocycles. The van der Waals surface area contributed by atoms with Gasteiger partial charge >= 0.3 is 0 Å². The van der Waals surface area contributed by atoms with Gasteiger partial charge in [-0.15, -0.1) is 22.7 Å². The molecule has 3 amide bonds. The molecule has 2 aliphatic heterocycles. The van der Waals surface area contributed by atoms with E-state index in [4.69, 9.17) is 0 Å². The van der Waals surface area contributed by atoms with Gasteiger partial charge < -0.3 is 15.5 Å². The second-order valence-electron chi connectivity index (χ2n) is 6.17. The molecule has 2 aromatic rings. The highest BCUT2D eigenvalue weighted by Gasteiger charge is 2.48. The maximum atomic E-state index is 12.7. The zero-order chi connectivity index (χ0) is 17.4. The van der Waals surface area contributed by atoms with Crippen LogP contribution in [-0.4, -0.2) is 47.3 Å². The van der Waals surface area contributed by atoms with Crippen LogP contribution < -0.4 is 10.6 Å². The van der Waals surface area contributed by atoms with Gasteiger partial charge in [-0.25, -0.2) is 0 Å². The van der Waals surface area contributed by atoms with Gasteiger partial charge in [0.2, 0.25) is 11.8 Å². The van der Waals surface area contributed by atoms with Crippen LogP contribution in [0.3, 0.4) is 0 Å². The van der Waals surface area contributed by atoms with E-state index >= 15 is 0 Å². The summed E-state index contributed by atoms with van der Waals surface area (Å²) in [6, 6.07) is 5.97. The van der Waals surface area contributed by atoms with E-state index in [2.05, 4.69) is 10.6 Å². The molecule has 0 spiro atoms. The van der Waals surface area contributed by atoms with Crippen molar-refractivity contribution in [3.8, 4) is 0 Å². The second-order valence-corrected chi connectivity index (χ2v) is 8.15. The molecule has 6 nitrogen and oxygen atoms in total. The molecular formula is C17H17N3O3S2. The first-order valence-electron chi connectivity index (χ1n) is 8.11. The van der Waals surface area contributed by atoms with Gasteiger partial charge in [0.05, 0.1) is 10.9 Å². The maximum absolute atomic E-state index is 12.7. The van der Waals surface area contributed by atoms with Crippen molar-refractivity contribution in [3.63, 3.8) is 0 Å². The Labute approximate surface area is 152 Å². The monoisotopic (exact) mass is 375 g/mol. The first kappa shape index (κ1) is 16.3. The van der Waals surface area contributed by atoms with Crippen LogP contribution in [0.15, 0.2) is 35.0 Å². The number of carbonyl (C=O) groups is 3. The van der Waals surface area contributed by atoms with E-state index in [0.717, 1.165) is 4.88 Å². The lowest BCUT2D eigenvalue weighted by Gasteiger charge is -2.36. The number of nitrogens with zero attached hydrogens (tertiary/aromatic N) is 1. The van der Waals surface area contributed by atoms with E-state index in [-0.39, 0.29) is 23.8 Å². The minimum atomic E-state index is -0.615. The van der Waals surface area contributed by atoms with Crippen LogP contribution in [-0.2, 0) is 16.0 Å². The Morgan fingerprint density at radius 1 is 1.24 bits per heavy atom. The van der Waals surface area contributed by atoms with Crippen molar-refractivity contribution in [2.45, 2.75) is 31.0 Å². The van der Waals surface area contributed by atoms with Crippen molar-refractivity contribution < 1.29 is 14.4 Å². The number of thiophene rings is 2. The Balaban J connectivity index is 1.46. The lowest BCUT2D eigenvalue weighted by Crippen LogP contribution is -2.65. The Morgan fingerprint density at radius 3 is 2.76 bits per heavy atom. The van der Waals surface area contributed by atoms with Gasteiger partial charge in [0, 0.05) is 17.8 Å². The Bertz CT molecular complexity index is 788. The number of rotatable bonds is 4. The minimum absolute atomic E-state index is 0.0640. The number of piperazine rings is 1. The summed E-state index contributed by atoms with van der Waals surface area (Å²) >= 11 is 2.93. The molecule has 0 unspecified atom stereocenters. The topological polar surface area (TPSA) is 78.5 Å². The first-order chi connectivity index (χ1) is 12.1. The lowest BCUT2D eigenvalue weighted by atomic mass is 10.0. The second kappa shape index (κ2) is 6.61. The maximum Gasteiger partial charge on any atom is 0.261 e. The van der Waals surface area contributed by atoms with Gasteiger partial charge in [-0.3, -0.25) is 14.4 Å². The summed E-state index contributed by atoms with van der Waals surface area (Å²) < 4.78 is 0. The molecule has 2 N–H and O–H groups in total. The van der Waals surface area contributed by atoms with Crippen LogP contribution in [0.5, 0.6) is 0 Å². The van der Waals surface area contributed by atoms with Gasteiger partial charge in [0.25, 0.3) is 5.91 Å². The van der Waals surface area contributed by atoms with Crippen molar-refractivity contribution in [3.05, 3.63) is 44.8 Å². The fraction of sp³-hybridized carbons (Fsp3) is 0.353. The summed E-state index contributed by atoms with van der Waals surface area (Å²) in [6.45, 7) is 0.493. The molecule has 0 saturated carbocycles. The van der Waals surface area contributed by atoms with E-state index in [1.165, 1.54) is 11.3 Å². The third-order valence-corrected chi connectivity index (χ3v) is 6.38. The van der Waals surface area contributed by atoms with Crippen molar-refractivity contribution in [1.29, 1.82) is 0 Å². The molecule has 2 aromatic heterocycles. The van der Waals surface area contributed by atoms with Crippen molar-refractivity contribution in [2.24, 2.45) is 0 Å². The van der Waals surface area contributed by atoms with E-state index < -0.39 is 12.1 Å². The predicted molar refractivity (Wildman–Crippen MR) is 95.6 cm³/mol. The molecule has 0 radical (unpaired) electrons. The van der Waals surface area contributed by atoms with E-state index in [9.17, 15) is 14.4 Å². The molecular weight excluding hydrogens is 358 g/mol. The number of hydrogen-bond acceptors (Lipinski definition) is 5. The van der Waals surface area contributed by atoms with Crippen molar-refractivity contribution in [1.82, 2.24) is 15.5 Å². The quantitative estimate of drug-likeness (QED) is 0.844. The largest absolute Gasteiger partial charge is 0.346 e. The molecule has 130 valence electrons. The minimum Gasteiger partial charge on any atom is -0.346 e. The molecule has 8 heteroatoms. The number of fused-ring (bicyclic) bond motifs is 1. The standard InChI is InChI=1S/C17H17N3O3S2/c21-15(13-4-2-8-25-13)18-11-5-6-20-14(11)16(22)19-12(17(20)23)9-10-3-1-7-24-10/h1-4,7-8,11-12,14H,5-6,9H2,(H,18,21)(H,19,22)/t11-,12+,14-/m0/s1. The number of amides is 3. The average molecular weight is 375 g/mol. The summed E-state index contributed by atoms with van der Waals surface area (Å²) in [4.78, 5) is 40.9. The number of hydrogen-bond donors (Lipinski definition) is 2. The van der Waals surface area contributed by atoms with Crippen LogP contribution >= 0.6 is 22.7 Å². The Hall–Kier alpha value is -2.19. The highest BCUT2D eigenvalue weighted by atomic mass is 32.1. The summed E-state index contributed by atoms with van der Waals surface area (Å²) in [5.41, 5.74) is 0. The molecule has 2 saturated heterocycles. The summed E-state index contributed by atoms with van der Waals surface area (Å²) in [5.74, 6) is -0.441. The SMILES string of the molecule is O=C(N[C@H]1CCN2C(=O)[C@@H](Cc3cccs3)NC(=O)[C@H]12)c1cccs1. The number of nitrogens with one attached hydrogen (secondary N) is 2. The highest BCUT2D eigenvalue weighted by molar-refractivity contribution is 7.12. The van der Waals surface area contributed by atoms with E-state index in [1.807, 2.05) is 29.0 Å². The lowest BCUT2D eigenvalue weighted by molar-refractivity contribution is -0.147. The Morgan fingerprint density at radius 2 is 2.04 bits per heavy atom. The van der Waals surface area contributed by atoms with Crippen LogP contribution in [0.1, 0.15) is 21.0 Å². The zero-order valence-corrected chi connectivity index (χ0v) is 14.9. The molecule has 2 fully saturated rings. The molecule has 0 bridgehead atoms. The van der Waals surface area contributed by atoms with E-state index in [1.54, 1.807) is 22.3 Å². The molecule has 4 rings (SSSR count). The summed E-state index contributed by atoms with van der Waals surface area (Å²) in [5, 5.41) is 9.55. The summed E-state index contributed by atoms with van der Waals surface area (Å²) in [6.07, 6.45) is 1.10. The number of carbonyl (C=O) groups excluding carboxylic acids is 3. The molecule has 0 aliphatic carbocycles. The highest BCUT2D eigenvalue weighted by Crippen LogP contribution is 2.25. The Kier molecular flexibility index (Phi) is 4.30. The predicted octanol–water partition coefficient (Wildman–Crippen LogP) is 1.25. The van der Waals surface area contributed by atoms with Gasteiger partial charge in [-0.05, 0) is 29.3 Å². The third kappa shape index (κ3) is 3.07. The van der Waals surface area contributed by atoms with E-state index in [0.29, 0.717) is 24.3 Å². The zero-order valence-electron chi connectivity index (χ0n) is 13.3. The molecule has 2 aliphatic rings. The molecule has 3 atom stereocenters. The average Bonchev–Trinajstić information content (AvgIpc) is 3.33. The third-order valence-electron chi connectivity index (χ3n) is 4.61. The van der Waals surface area contributed by atoms with Gasteiger partial charge in [-0.2, -0.15) is 0 Å². The fourth-order valence-corrected chi connectivity index (χ4v) is 4.83. The smallest absolute Gasteiger partial charge is 0.261 e. The fourth-order valence-electron chi connectivity index (χ4n) is 3.45. The summed E-state index contributed by atoms with van der Waals surface area (Å²) in [7, 11) is 0. The van der Waals surface area contributed by atoms with Gasteiger partial charge in [0.1, 0.15) is 12.1 Å². The van der Waals surface area contributed by atoms with Crippen molar-refractivity contribution in [2.75, 3.05) is 6.54 Å². The van der Waals surface area contributed by atoms with Crippen molar-refractivity contribution >= 4 is 40.4 Å². The van der Waals surface area contributed by atoms with Gasteiger partial charge in [-0.1, -0.05) is 12.1 Å². The molecule has 4 heterocycles. The normalized spacial score (nSPS) is 25.6. The first-order valence-corrected chi connectivity index (χ1v) is 9.87. The molecule has 25 heavy (non-hydrogen) atoms. The van der Waals surface area contributed by atoms with Gasteiger partial charge in [0.15, 0.2) is 0 Å². The van der Waals surface area contributed by atoms with Crippen LogP contribution in [0.4, 0.5) is 0 Å². The van der Waals surface area contributed by atoms with Crippen LogP contribution in [0, 0.1) is 0 Å².